The molecule has 0 spiro atoms. The van der Waals surface area contributed by atoms with Crippen LogP contribution in [0.4, 0.5) is 4.39 Å². The molecule has 0 bridgehead atoms. The fourth-order valence-corrected chi connectivity index (χ4v) is 1.70. The highest BCUT2D eigenvalue weighted by atomic mass is 35.5. The summed E-state index contributed by atoms with van der Waals surface area (Å²) in [6.07, 6.45) is 0.548. The van der Waals surface area contributed by atoms with Crippen LogP contribution in [0.5, 0.6) is 5.75 Å². The Morgan fingerprint density at radius 1 is 1.50 bits per heavy atom. The van der Waals surface area contributed by atoms with E-state index in [9.17, 15) is 4.39 Å². The Kier molecular flexibility index (Phi) is 6.72. The van der Waals surface area contributed by atoms with Gasteiger partial charge in [-0.25, -0.2) is 4.39 Å². The van der Waals surface area contributed by atoms with Crippen LogP contribution in [0.1, 0.15) is 19.4 Å². The molecular weight excluding hydrogens is 252 g/mol. The molecule has 1 unspecified atom stereocenters. The predicted octanol–water partition coefficient (Wildman–Crippen LogP) is 3.19. The van der Waals surface area contributed by atoms with Crippen molar-refractivity contribution in [2.24, 2.45) is 5.73 Å². The highest BCUT2D eigenvalue weighted by Gasteiger charge is 2.12. The van der Waals surface area contributed by atoms with Crippen molar-refractivity contribution < 1.29 is 9.13 Å². The van der Waals surface area contributed by atoms with Crippen LogP contribution in [0.15, 0.2) is 12.1 Å². The third kappa shape index (κ3) is 4.16. The summed E-state index contributed by atoms with van der Waals surface area (Å²) >= 11 is 5.89. The average Bonchev–Trinajstić information content (AvgIpc) is 2.10. The normalized spacial score (nSPS) is 11.8. The maximum absolute atomic E-state index is 13.1. The van der Waals surface area contributed by atoms with Crippen molar-refractivity contribution >= 4 is 24.0 Å². The van der Waals surface area contributed by atoms with Gasteiger partial charge in [0.05, 0.1) is 11.6 Å². The molecule has 1 aromatic carbocycles. The van der Waals surface area contributed by atoms with Crippen molar-refractivity contribution in [1.82, 2.24) is 0 Å². The van der Waals surface area contributed by atoms with Crippen molar-refractivity contribution in [2.75, 3.05) is 6.61 Å². The summed E-state index contributed by atoms with van der Waals surface area (Å²) in [4.78, 5) is 0. The van der Waals surface area contributed by atoms with E-state index in [2.05, 4.69) is 0 Å². The van der Waals surface area contributed by atoms with E-state index in [1.807, 2.05) is 13.8 Å². The molecule has 0 saturated heterocycles. The standard InChI is InChI=1S/C11H15ClFNO.ClH/c1-3-15-11-8(4-7(2)14)5-9(13)6-10(11)12;/h5-7H,3-4,14H2,1-2H3;1H. The van der Waals surface area contributed by atoms with Crippen LogP contribution in [-0.4, -0.2) is 12.6 Å². The van der Waals surface area contributed by atoms with E-state index in [1.165, 1.54) is 12.1 Å². The molecule has 0 fully saturated rings. The zero-order valence-electron chi connectivity index (χ0n) is 9.30. The molecule has 16 heavy (non-hydrogen) atoms. The quantitative estimate of drug-likeness (QED) is 0.910. The average molecular weight is 268 g/mol. The van der Waals surface area contributed by atoms with Crippen LogP contribution in [0.3, 0.4) is 0 Å². The summed E-state index contributed by atoms with van der Waals surface area (Å²) in [5.74, 6) is 0.178. The summed E-state index contributed by atoms with van der Waals surface area (Å²) in [5, 5.41) is 0.299. The van der Waals surface area contributed by atoms with Crippen LogP contribution >= 0.6 is 24.0 Å². The zero-order valence-corrected chi connectivity index (χ0v) is 10.9. The molecule has 1 atom stereocenters. The minimum absolute atomic E-state index is 0. The third-order valence-electron chi connectivity index (χ3n) is 1.92. The molecule has 0 aliphatic rings. The topological polar surface area (TPSA) is 35.2 Å². The minimum atomic E-state index is -0.362. The number of hydrogen-bond acceptors (Lipinski definition) is 2. The fourth-order valence-electron chi connectivity index (χ4n) is 1.42. The van der Waals surface area contributed by atoms with E-state index in [-0.39, 0.29) is 24.3 Å². The number of hydrogen-bond donors (Lipinski definition) is 1. The lowest BCUT2D eigenvalue weighted by atomic mass is 10.1. The second-order valence-electron chi connectivity index (χ2n) is 3.49. The van der Waals surface area contributed by atoms with Gasteiger partial charge in [-0.2, -0.15) is 0 Å². The highest BCUT2D eigenvalue weighted by molar-refractivity contribution is 6.32. The molecule has 0 aromatic heterocycles. The molecule has 0 aliphatic heterocycles. The molecule has 92 valence electrons. The lowest BCUT2D eigenvalue weighted by Crippen LogP contribution is -2.18. The smallest absolute Gasteiger partial charge is 0.141 e. The number of halogens is 3. The maximum Gasteiger partial charge on any atom is 0.141 e. The summed E-state index contributed by atoms with van der Waals surface area (Å²) in [6.45, 7) is 4.21. The van der Waals surface area contributed by atoms with Crippen molar-refractivity contribution in [3.63, 3.8) is 0 Å². The molecule has 0 radical (unpaired) electrons. The van der Waals surface area contributed by atoms with Gasteiger partial charge >= 0.3 is 0 Å². The first kappa shape index (κ1) is 15.5. The van der Waals surface area contributed by atoms with Gasteiger partial charge in [0.2, 0.25) is 0 Å². The van der Waals surface area contributed by atoms with E-state index in [4.69, 9.17) is 22.1 Å². The third-order valence-corrected chi connectivity index (χ3v) is 2.20. The Morgan fingerprint density at radius 3 is 2.62 bits per heavy atom. The molecular formula is C11H16Cl2FNO. The molecule has 0 saturated carbocycles. The zero-order chi connectivity index (χ0) is 11.4. The first-order valence-corrected chi connectivity index (χ1v) is 5.28. The van der Waals surface area contributed by atoms with Crippen LogP contribution in [0.25, 0.3) is 0 Å². The Hall–Kier alpha value is -0.510. The van der Waals surface area contributed by atoms with Gasteiger partial charge in [-0.1, -0.05) is 11.6 Å². The first-order valence-electron chi connectivity index (χ1n) is 4.91. The Balaban J connectivity index is 0.00000225. The van der Waals surface area contributed by atoms with E-state index >= 15 is 0 Å². The predicted molar refractivity (Wildman–Crippen MR) is 67.2 cm³/mol. The molecule has 1 aromatic rings. The van der Waals surface area contributed by atoms with Gasteiger partial charge < -0.3 is 10.5 Å². The monoisotopic (exact) mass is 267 g/mol. The van der Waals surface area contributed by atoms with Crippen LogP contribution < -0.4 is 10.5 Å². The molecule has 0 aliphatic carbocycles. The van der Waals surface area contributed by atoms with Gasteiger partial charge in [-0.3, -0.25) is 0 Å². The molecule has 5 heteroatoms. The number of ether oxygens (including phenoxy) is 1. The summed E-state index contributed by atoms with van der Waals surface area (Å²) in [5.41, 5.74) is 6.39. The maximum atomic E-state index is 13.1. The van der Waals surface area contributed by atoms with Crippen molar-refractivity contribution in [3.05, 3.63) is 28.5 Å². The minimum Gasteiger partial charge on any atom is -0.492 e. The summed E-state index contributed by atoms with van der Waals surface area (Å²) in [7, 11) is 0. The number of rotatable bonds is 4. The van der Waals surface area contributed by atoms with E-state index in [0.717, 1.165) is 5.56 Å². The molecule has 0 amide bonds. The Labute approximate surface area is 106 Å². The number of benzene rings is 1. The molecule has 0 heterocycles. The van der Waals surface area contributed by atoms with Gasteiger partial charge in [-0.15, -0.1) is 12.4 Å². The fraction of sp³-hybridized carbons (Fsp3) is 0.455. The van der Waals surface area contributed by atoms with Crippen molar-refractivity contribution in [3.8, 4) is 5.75 Å². The second kappa shape index (κ2) is 6.94. The van der Waals surface area contributed by atoms with Crippen LogP contribution in [-0.2, 0) is 6.42 Å². The lowest BCUT2D eigenvalue weighted by Gasteiger charge is -2.13. The van der Waals surface area contributed by atoms with Crippen molar-refractivity contribution in [1.29, 1.82) is 0 Å². The Bertz CT molecular complexity index is 345. The van der Waals surface area contributed by atoms with Crippen molar-refractivity contribution in [2.45, 2.75) is 26.3 Å². The van der Waals surface area contributed by atoms with E-state index in [1.54, 1.807) is 0 Å². The van der Waals surface area contributed by atoms with E-state index < -0.39 is 0 Å². The van der Waals surface area contributed by atoms with Crippen LogP contribution in [0, 0.1) is 5.82 Å². The first-order chi connectivity index (χ1) is 7.04. The molecule has 2 nitrogen and oxygen atoms in total. The van der Waals surface area contributed by atoms with Crippen LogP contribution in [0.2, 0.25) is 5.02 Å². The largest absolute Gasteiger partial charge is 0.492 e. The molecule has 1 rings (SSSR count). The summed E-state index contributed by atoms with van der Waals surface area (Å²) < 4.78 is 18.5. The van der Waals surface area contributed by atoms with Gasteiger partial charge in [0.1, 0.15) is 11.6 Å². The lowest BCUT2D eigenvalue weighted by molar-refractivity contribution is 0.335. The van der Waals surface area contributed by atoms with Gasteiger partial charge in [0.25, 0.3) is 0 Å². The van der Waals surface area contributed by atoms with Gasteiger partial charge in [0.15, 0.2) is 0 Å². The van der Waals surface area contributed by atoms with E-state index in [0.29, 0.717) is 23.8 Å². The highest BCUT2D eigenvalue weighted by Crippen LogP contribution is 2.30. The SMILES string of the molecule is CCOc1c(Cl)cc(F)cc1CC(C)N.Cl. The summed E-state index contributed by atoms with van der Waals surface area (Å²) in [6, 6.07) is 2.61. The van der Waals surface area contributed by atoms with Gasteiger partial charge in [0, 0.05) is 11.6 Å². The molecule has 2 N–H and O–H groups in total. The second-order valence-corrected chi connectivity index (χ2v) is 3.90. The Morgan fingerprint density at radius 2 is 2.12 bits per heavy atom. The number of nitrogens with two attached hydrogens (primary N) is 1. The van der Waals surface area contributed by atoms with Gasteiger partial charge in [-0.05, 0) is 32.4 Å².